The van der Waals surface area contributed by atoms with Crippen LogP contribution >= 0.6 is 23.7 Å². The van der Waals surface area contributed by atoms with Crippen molar-refractivity contribution in [1.29, 1.82) is 0 Å². The number of aryl methyl sites for hydroxylation is 1. The molecule has 2 amide bonds. The number of rotatable bonds is 5. The lowest BCUT2D eigenvalue weighted by Gasteiger charge is -2.21. The molecule has 38 heavy (non-hydrogen) atoms. The number of aromatic amines is 1. The Hall–Kier alpha value is -3.92. The minimum absolute atomic E-state index is 0. The van der Waals surface area contributed by atoms with E-state index in [1.54, 1.807) is 18.2 Å². The quantitative estimate of drug-likeness (QED) is 0.295. The van der Waals surface area contributed by atoms with Gasteiger partial charge in [-0.05, 0) is 48.4 Å². The van der Waals surface area contributed by atoms with Crippen LogP contribution < -0.4 is 26.7 Å². The van der Waals surface area contributed by atoms with Gasteiger partial charge in [0.25, 0.3) is 17.4 Å². The highest BCUT2D eigenvalue weighted by molar-refractivity contribution is 7.18. The van der Waals surface area contributed by atoms with Crippen molar-refractivity contribution in [2.45, 2.75) is 38.1 Å². The third-order valence-corrected chi connectivity index (χ3v) is 7.08. The molecule has 0 spiro atoms. The lowest BCUT2D eigenvalue weighted by atomic mass is 9.84. The van der Waals surface area contributed by atoms with E-state index in [2.05, 4.69) is 32.9 Å². The molecule has 1 aliphatic carbocycles. The van der Waals surface area contributed by atoms with E-state index in [0.717, 1.165) is 28.8 Å². The molecule has 3 heterocycles. The maximum absolute atomic E-state index is 12.9. The lowest BCUT2D eigenvalue weighted by Crippen LogP contribution is -2.28. The first kappa shape index (κ1) is 28.6. The first-order valence-electron chi connectivity index (χ1n) is 11.5. The molecule has 1 aliphatic heterocycles. The number of carboxylic acid groups (broad SMARTS) is 1. The van der Waals surface area contributed by atoms with E-state index in [1.807, 2.05) is 0 Å². The van der Waals surface area contributed by atoms with Crippen LogP contribution in [0, 0.1) is 12.3 Å². The normalized spacial score (nSPS) is 15.3. The van der Waals surface area contributed by atoms with Crippen molar-refractivity contribution in [3.05, 3.63) is 50.4 Å². The first-order valence-corrected chi connectivity index (χ1v) is 12.4. The van der Waals surface area contributed by atoms with Crippen molar-refractivity contribution in [3.8, 4) is 18.1 Å². The molecule has 0 saturated heterocycles. The Balaban J connectivity index is 0.000000749. The van der Waals surface area contributed by atoms with Crippen molar-refractivity contribution in [2.75, 3.05) is 18.5 Å². The second-order valence-corrected chi connectivity index (χ2v) is 9.56. The van der Waals surface area contributed by atoms with Gasteiger partial charge in [-0.3, -0.25) is 19.2 Å². The number of terminal acetylenes is 1. The summed E-state index contributed by atoms with van der Waals surface area (Å²) in [6.07, 6.45) is 6.95. The summed E-state index contributed by atoms with van der Waals surface area (Å²) in [6, 6.07) is 5.19. The van der Waals surface area contributed by atoms with E-state index < -0.39 is 17.4 Å². The Labute approximate surface area is 227 Å². The highest BCUT2D eigenvalue weighted by Crippen LogP contribution is 2.41. The van der Waals surface area contributed by atoms with Gasteiger partial charge in [-0.15, -0.1) is 30.2 Å². The zero-order valence-corrected chi connectivity index (χ0v) is 21.8. The maximum atomic E-state index is 12.9. The van der Waals surface area contributed by atoms with Gasteiger partial charge in [0.1, 0.15) is 10.6 Å². The molecule has 0 saturated carbocycles. The number of halogens is 1. The standard InChI is InChI=1S/C22H20N4O6S.C3H5N.ClH/c27-15-9-32-13-5-4-10(6-12(13)24-15)8-23-21(31)19-25-20(30)18-17-11(7-16(28)29)2-1-3-14(17)33-22(18)26-19;1-2-3-4;/h4-6,11H,1-3,7-9H2,(H,23,31)(H,24,27)(H,28,29)(H,25,26,30);1H,3-4H2;1H. The van der Waals surface area contributed by atoms with Crippen LogP contribution in [0.4, 0.5) is 5.69 Å². The highest BCUT2D eigenvalue weighted by atomic mass is 35.5. The fourth-order valence-corrected chi connectivity index (χ4v) is 5.67. The number of nitrogens with one attached hydrogen (secondary N) is 3. The molecule has 1 atom stereocenters. The van der Waals surface area contributed by atoms with Crippen LogP contribution in [0.25, 0.3) is 10.2 Å². The molecule has 0 radical (unpaired) electrons. The molecular formula is C25H26ClN5O6S. The Morgan fingerprint density at radius 2 is 2.11 bits per heavy atom. The highest BCUT2D eigenvalue weighted by Gasteiger charge is 2.29. The predicted molar refractivity (Wildman–Crippen MR) is 145 cm³/mol. The number of aromatic nitrogens is 2. The lowest BCUT2D eigenvalue weighted by molar-refractivity contribution is -0.137. The van der Waals surface area contributed by atoms with Crippen molar-refractivity contribution in [1.82, 2.24) is 15.3 Å². The molecule has 13 heteroatoms. The number of carboxylic acids is 1. The van der Waals surface area contributed by atoms with Gasteiger partial charge in [0, 0.05) is 11.4 Å². The molecule has 11 nitrogen and oxygen atoms in total. The number of anilines is 1. The van der Waals surface area contributed by atoms with Crippen molar-refractivity contribution < 1.29 is 24.2 Å². The fourth-order valence-electron chi connectivity index (χ4n) is 4.37. The predicted octanol–water partition coefficient (Wildman–Crippen LogP) is 2.14. The van der Waals surface area contributed by atoms with Gasteiger partial charge in [0.15, 0.2) is 6.61 Å². The molecule has 0 bridgehead atoms. The van der Waals surface area contributed by atoms with Crippen LogP contribution in [0.1, 0.15) is 51.8 Å². The summed E-state index contributed by atoms with van der Waals surface area (Å²) < 4.78 is 5.32. The first-order chi connectivity index (χ1) is 17.8. The number of hydrogen-bond acceptors (Lipinski definition) is 8. The number of benzene rings is 1. The van der Waals surface area contributed by atoms with Gasteiger partial charge in [-0.25, -0.2) is 4.98 Å². The van der Waals surface area contributed by atoms with Crippen molar-refractivity contribution >= 4 is 57.4 Å². The number of amides is 2. The molecule has 5 rings (SSSR count). The molecular weight excluding hydrogens is 534 g/mol. The molecule has 6 N–H and O–H groups in total. The SMILES string of the molecule is C#CCN.Cl.O=C(O)CC1CCCc2sc3nc(C(=O)NCc4ccc5c(c4)NC(=O)CO5)[nH]c(=O)c3c21. The molecule has 0 fully saturated rings. The maximum Gasteiger partial charge on any atom is 0.303 e. The van der Waals surface area contributed by atoms with Crippen LogP contribution in [0.15, 0.2) is 23.0 Å². The topological polar surface area (TPSA) is 176 Å². The van der Waals surface area contributed by atoms with Crippen LogP contribution in [-0.4, -0.2) is 46.0 Å². The summed E-state index contributed by atoms with van der Waals surface area (Å²) >= 11 is 1.35. The Morgan fingerprint density at radius 3 is 2.82 bits per heavy atom. The Morgan fingerprint density at radius 1 is 1.34 bits per heavy atom. The van der Waals surface area contributed by atoms with Gasteiger partial charge in [-0.1, -0.05) is 12.0 Å². The van der Waals surface area contributed by atoms with E-state index in [0.29, 0.717) is 34.6 Å². The number of nitrogens with two attached hydrogens (primary N) is 1. The van der Waals surface area contributed by atoms with Gasteiger partial charge >= 0.3 is 5.97 Å². The number of hydrogen-bond donors (Lipinski definition) is 5. The minimum atomic E-state index is -0.902. The summed E-state index contributed by atoms with van der Waals surface area (Å²) in [5.74, 6) is 0.750. The molecule has 2 aromatic heterocycles. The number of H-pyrrole nitrogens is 1. The summed E-state index contributed by atoms with van der Waals surface area (Å²) in [4.78, 5) is 56.7. The number of carbonyl (C=O) groups is 3. The molecule has 3 aromatic rings. The number of nitrogens with zero attached hydrogens (tertiary/aromatic N) is 1. The third kappa shape index (κ3) is 6.31. The number of ether oxygens (including phenoxy) is 1. The van der Waals surface area contributed by atoms with Gasteiger partial charge in [0.05, 0.1) is 24.0 Å². The van der Waals surface area contributed by atoms with E-state index in [9.17, 15) is 24.3 Å². The van der Waals surface area contributed by atoms with Gasteiger partial charge < -0.3 is 31.2 Å². The largest absolute Gasteiger partial charge is 0.482 e. The van der Waals surface area contributed by atoms with E-state index in [-0.39, 0.29) is 49.6 Å². The summed E-state index contributed by atoms with van der Waals surface area (Å²) in [7, 11) is 0. The van der Waals surface area contributed by atoms with E-state index in [1.165, 1.54) is 11.3 Å². The number of carbonyl (C=O) groups excluding carboxylic acids is 2. The van der Waals surface area contributed by atoms with Gasteiger partial charge in [-0.2, -0.15) is 0 Å². The number of aliphatic carboxylic acids is 1. The Bertz CT molecular complexity index is 1480. The van der Waals surface area contributed by atoms with E-state index in [4.69, 9.17) is 10.5 Å². The van der Waals surface area contributed by atoms with Gasteiger partial charge in [0.2, 0.25) is 5.82 Å². The summed E-state index contributed by atoms with van der Waals surface area (Å²) in [5.41, 5.74) is 6.39. The molecule has 200 valence electrons. The van der Waals surface area contributed by atoms with Crippen LogP contribution in [0.2, 0.25) is 0 Å². The van der Waals surface area contributed by atoms with Crippen molar-refractivity contribution in [2.24, 2.45) is 5.73 Å². The average molecular weight is 560 g/mol. The van der Waals surface area contributed by atoms with Crippen molar-refractivity contribution in [3.63, 3.8) is 0 Å². The number of thiophene rings is 1. The van der Waals surface area contributed by atoms with Crippen LogP contribution in [0.3, 0.4) is 0 Å². The molecule has 1 unspecified atom stereocenters. The summed E-state index contributed by atoms with van der Waals surface area (Å²) in [5, 5.41) is 15.1. The van der Waals surface area contributed by atoms with Crippen LogP contribution in [-0.2, 0) is 22.6 Å². The van der Waals surface area contributed by atoms with Crippen LogP contribution in [0.5, 0.6) is 5.75 Å². The van der Waals surface area contributed by atoms with E-state index >= 15 is 0 Å². The smallest absolute Gasteiger partial charge is 0.303 e. The second kappa shape index (κ2) is 12.6. The minimum Gasteiger partial charge on any atom is -0.482 e. The Kier molecular flexibility index (Phi) is 9.46. The zero-order chi connectivity index (χ0) is 26.5. The molecule has 1 aromatic carbocycles. The summed E-state index contributed by atoms with van der Waals surface area (Å²) in [6.45, 7) is 0.471. The fraction of sp³-hybridized carbons (Fsp3) is 0.320. The molecule has 2 aliphatic rings. The third-order valence-electron chi connectivity index (χ3n) is 5.92. The second-order valence-electron chi connectivity index (χ2n) is 8.48. The number of fused-ring (bicyclic) bond motifs is 4. The average Bonchev–Trinajstić information content (AvgIpc) is 3.27. The zero-order valence-electron chi connectivity index (χ0n) is 20.2. The monoisotopic (exact) mass is 559 g/mol.